The van der Waals surface area contributed by atoms with Crippen molar-refractivity contribution in [3.05, 3.63) is 34.3 Å². The zero-order valence-corrected chi connectivity index (χ0v) is 18.2. The molecule has 2 aliphatic heterocycles. The molecule has 0 spiro atoms. The average Bonchev–Trinajstić information content (AvgIpc) is 3.10. The van der Waals surface area contributed by atoms with Crippen LogP contribution in [0.3, 0.4) is 0 Å². The van der Waals surface area contributed by atoms with Gasteiger partial charge in [0.1, 0.15) is 6.10 Å². The predicted molar refractivity (Wildman–Crippen MR) is 112 cm³/mol. The molecule has 26 heavy (non-hydrogen) atoms. The lowest BCUT2D eigenvalue weighted by atomic mass is 10.1. The van der Waals surface area contributed by atoms with E-state index in [1.54, 1.807) is 0 Å². The van der Waals surface area contributed by atoms with Crippen LogP contribution in [0.15, 0.2) is 28.7 Å². The second-order valence-electron chi connectivity index (χ2n) is 6.65. The molecule has 148 valence electrons. The largest absolute Gasteiger partial charge is 0.364 e. The van der Waals surface area contributed by atoms with Crippen molar-refractivity contribution in [1.29, 1.82) is 0 Å². The lowest BCUT2D eigenvalue weighted by Gasteiger charge is -2.39. The number of benzene rings is 1. The van der Waals surface area contributed by atoms with Crippen LogP contribution in [0, 0.1) is 0 Å². The predicted octanol–water partition coefficient (Wildman–Crippen LogP) is 3.00. The summed E-state index contributed by atoms with van der Waals surface area (Å²) >= 11 is 3.48. The minimum Gasteiger partial charge on any atom is -0.364 e. The lowest BCUT2D eigenvalue weighted by Crippen LogP contribution is -2.51. The van der Waals surface area contributed by atoms with Gasteiger partial charge < -0.3 is 15.4 Å². The maximum atomic E-state index is 12.6. The van der Waals surface area contributed by atoms with Crippen LogP contribution in [0.2, 0.25) is 0 Å². The van der Waals surface area contributed by atoms with E-state index >= 15 is 0 Å². The summed E-state index contributed by atoms with van der Waals surface area (Å²) in [5.41, 5.74) is 6.94. The number of piperazine rings is 1. The minimum absolute atomic E-state index is 0. The molecule has 3 atom stereocenters. The molecule has 3 rings (SSSR count). The fourth-order valence-corrected chi connectivity index (χ4v) is 3.81. The highest BCUT2D eigenvalue weighted by atomic mass is 79.9. The zero-order valence-electron chi connectivity index (χ0n) is 15.0. The first kappa shape index (κ1) is 23.7. The number of carbonyl (C=O) groups is 1. The number of amides is 1. The molecule has 2 heterocycles. The molecule has 0 aliphatic carbocycles. The van der Waals surface area contributed by atoms with Crippen molar-refractivity contribution in [2.75, 3.05) is 32.7 Å². The van der Waals surface area contributed by atoms with E-state index in [2.05, 4.69) is 52.0 Å². The fraction of sp³-hybridized carbons (Fsp3) is 0.611. The number of hydrogen-bond acceptors (Lipinski definition) is 4. The van der Waals surface area contributed by atoms with Crippen LogP contribution in [0.25, 0.3) is 0 Å². The monoisotopic (exact) mass is 467 g/mol. The number of nitrogens with zero attached hydrogens (tertiary/aromatic N) is 2. The molecular weight excluding hydrogens is 441 g/mol. The second kappa shape index (κ2) is 10.8. The van der Waals surface area contributed by atoms with Gasteiger partial charge in [0.15, 0.2) is 0 Å². The zero-order chi connectivity index (χ0) is 17.1. The van der Waals surface area contributed by atoms with Gasteiger partial charge in [-0.05, 0) is 37.5 Å². The Labute approximate surface area is 176 Å². The van der Waals surface area contributed by atoms with Crippen LogP contribution in [0.1, 0.15) is 31.4 Å². The van der Waals surface area contributed by atoms with Crippen molar-refractivity contribution in [2.24, 2.45) is 5.73 Å². The third-order valence-electron chi connectivity index (χ3n) is 5.17. The summed E-state index contributed by atoms with van der Waals surface area (Å²) in [5.74, 6) is 0.141. The standard InChI is InChI=1S/C18H26BrN3O2.2ClH/c1-13(14-2-4-15(19)5-3-14)21-8-10-22(11-9-21)18(23)17-7-6-16(12-20)24-17;;/h2-5,13,16-17H,6-12,20H2,1H3;2*1H/t13?,16-,17+;;/m1../s1. The van der Waals surface area contributed by atoms with E-state index < -0.39 is 0 Å². The summed E-state index contributed by atoms with van der Waals surface area (Å²) in [6, 6.07) is 8.84. The number of carbonyl (C=O) groups excluding carboxylic acids is 1. The van der Waals surface area contributed by atoms with Gasteiger partial charge in [-0.1, -0.05) is 28.1 Å². The molecular formula is C18H28BrCl2N3O2. The van der Waals surface area contributed by atoms with Gasteiger partial charge in [0.25, 0.3) is 5.91 Å². The van der Waals surface area contributed by atoms with Crippen LogP contribution in [-0.4, -0.2) is 60.6 Å². The van der Waals surface area contributed by atoms with Crippen molar-refractivity contribution in [1.82, 2.24) is 9.80 Å². The molecule has 2 saturated heterocycles. The third kappa shape index (κ3) is 5.57. The topological polar surface area (TPSA) is 58.8 Å². The van der Waals surface area contributed by atoms with Gasteiger partial charge in [0, 0.05) is 43.2 Å². The molecule has 0 radical (unpaired) electrons. The molecule has 1 unspecified atom stereocenters. The minimum atomic E-state index is -0.283. The normalized spacial score (nSPS) is 24.5. The Morgan fingerprint density at radius 1 is 1.19 bits per heavy atom. The van der Waals surface area contributed by atoms with E-state index in [0.717, 1.165) is 43.5 Å². The van der Waals surface area contributed by atoms with Crippen LogP contribution in [0.4, 0.5) is 0 Å². The first-order valence-corrected chi connectivity index (χ1v) is 9.51. The van der Waals surface area contributed by atoms with Crippen molar-refractivity contribution >= 4 is 46.7 Å². The third-order valence-corrected chi connectivity index (χ3v) is 5.70. The highest BCUT2D eigenvalue weighted by Gasteiger charge is 2.34. The van der Waals surface area contributed by atoms with Gasteiger partial charge in [-0.25, -0.2) is 0 Å². The Bertz CT molecular complexity index is 568. The Kier molecular flexibility index (Phi) is 9.86. The summed E-state index contributed by atoms with van der Waals surface area (Å²) in [7, 11) is 0. The number of hydrogen-bond donors (Lipinski definition) is 1. The molecule has 1 amide bonds. The first-order valence-electron chi connectivity index (χ1n) is 8.72. The maximum Gasteiger partial charge on any atom is 0.251 e. The van der Waals surface area contributed by atoms with Gasteiger partial charge in [-0.3, -0.25) is 9.69 Å². The molecule has 2 aliphatic rings. The van der Waals surface area contributed by atoms with E-state index in [9.17, 15) is 4.79 Å². The van der Waals surface area contributed by atoms with Gasteiger partial charge in [0.05, 0.1) is 6.10 Å². The molecule has 5 nitrogen and oxygen atoms in total. The number of nitrogens with two attached hydrogens (primary N) is 1. The highest BCUT2D eigenvalue weighted by molar-refractivity contribution is 9.10. The van der Waals surface area contributed by atoms with E-state index in [0.29, 0.717) is 12.6 Å². The lowest BCUT2D eigenvalue weighted by molar-refractivity contribution is -0.144. The summed E-state index contributed by atoms with van der Waals surface area (Å²) in [6.07, 6.45) is 1.47. The Morgan fingerprint density at radius 2 is 1.81 bits per heavy atom. The van der Waals surface area contributed by atoms with Gasteiger partial charge >= 0.3 is 0 Å². The van der Waals surface area contributed by atoms with E-state index in [-0.39, 0.29) is 42.9 Å². The quantitative estimate of drug-likeness (QED) is 0.737. The van der Waals surface area contributed by atoms with Gasteiger partial charge in [0.2, 0.25) is 0 Å². The summed E-state index contributed by atoms with van der Waals surface area (Å²) < 4.78 is 6.84. The van der Waals surface area contributed by atoms with Gasteiger partial charge in [-0.15, -0.1) is 24.8 Å². The highest BCUT2D eigenvalue weighted by Crippen LogP contribution is 2.25. The van der Waals surface area contributed by atoms with E-state index in [1.165, 1.54) is 5.56 Å². The Balaban J connectivity index is 0.00000169. The smallest absolute Gasteiger partial charge is 0.251 e. The van der Waals surface area contributed by atoms with Crippen molar-refractivity contribution < 1.29 is 9.53 Å². The van der Waals surface area contributed by atoms with Crippen molar-refractivity contribution in [2.45, 2.75) is 38.0 Å². The Morgan fingerprint density at radius 3 is 2.35 bits per heavy atom. The maximum absolute atomic E-state index is 12.6. The molecule has 0 aromatic heterocycles. The van der Waals surface area contributed by atoms with Gasteiger partial charge in [-0.2, -0.15) is 0 Å². The van der Waals surface area contributed by atoms with Crippen LogP contribution in [-0.2, 0) is 9.53 Å². The molecule has 1 aromatic carbocycles. The summed E-state index contributed by atoms with van der Waals surface area (Å²) in [6.45, 7) is 6.07. The molecule has 0 bridgehead atoms. The van der Waals surface area contributed by atoms with E-state index in [4.69, 9.17) is 10.5 Å². The molecule has 1 aromatic rings. The fourth-order valence-electron chi connectivity index (χ4n) is 3.55. The average molecular weight is 469 g/mol. The van der Waals surface area contributed by atoms with Crippen molar-refractivity contribution in [3.8, 4) is 0 Å². The SMILES string of the molecule is CC(c1ccc(Br)cc1)N1CCN(C(=O)[C@@H]2CC[C@H](CN)O2)CC1.Cl.Cl. The van der Waals surface area contributed by atoms with Crippen molar-refractivity contribution in [3.63, 3.8) is 0 Å². The molecule has 2 fully saturated rings. The molecule has 0 saturated carbocycles. The Hall–Kier alpha value is -0.370. The van der Waals surface area contributed by atoms with Crippen LogP contribution >= 0.6 is 40.7 Å². The second-order valence-corrected chi connectivity index (χ2v) is 7.56. The number of rotatable bonds is 4. The van der Waals surface area contributed by atoms with Crippen LogP contribution < -0.4 is 5.73 Å². The number of halogens is 3. The van der Waals surface area contributed by atoms with Crippen LogP contribution in [0.5, 0.6) is 0 Å². The molecule has 2 N–H and O–H groups in total. The first-order chi connectivity index (χ1) is 11.6. The summed E-state index contributed by atoms with van der Waals surface area (Å²) in [4.78, 5) is 17.0. The molecule has 8 heteroatoms. The number of ether oxygens (including phenoxy) is 1. The summed E-state index contributed by atoms with van der Waals surface area (Å²) in [5, 5.41) is 0. The van der Waals surface area contributed by atoms with E-state index in [1.807, 2.05) is 4.90 Å².